The zero-order valence-electron chi connectivity index (χ0n) is 18.7. The number of nitrogens with one attached hydrogen (secondary N) is 2. The molecule has 3 N–H and O–H groups in total. The number of aliphatic hydroxyl groups excluding tert-OH is 1. The maximum atomic E-state index is 13.5. The fourth-order valence-electron chi connectivity index (χ4n) is 4.70. The van der Waals surface area contributed by atoms with Gasteiger partial charge in [0.1, 0.15) is 11.6 Å². The van der Waals surface area contributed by atoms with Gasteiger partial charge in [0.05, 0.1) is 22.2 Å². The molecule has 0 spiro atoms. The second-order valence-corrected chi connectivity index (χ2v) is 9.36. The van der Waals surface area contributed by atoms with Crippen molar-refractivity contribution in [3.05, 3.63) is 52.9 Å². The molecule has 0 unspecified atom stereocenters. The second kappa shape index (κ2) is 9.74. The van der Waals surface area contributed by atoms with Crippen LogP contribution in [0.15, 0.2) is 36.5 Å². The van der Waals surface area contributed by atoms with Crippen LogP contribution in [0.5, 0.6) is 11.6 Å². The lowest BCUT2D eigenvalue weighted by molar-refractivity contribution is -0.276. The number of carbonyl (C=O) groups is 2. The van der Waals surface area contributed by atoms with Crippen LogP contribution in [0.2, 0.25) is 5.02 Å². The van der Waals surface area contributed by atoms with Gasteiger partial charge in [-0.05, 0) is 50.3 Å². The number of hydrogen-bond acceptors (Lipinski definition) is 6. The van der Waals surface area contributed by atoms with Gasteiger partial charge >= 0.3 is 6.36 Å². The number of aliphatic hydroxyl groups is 1. The summed E-state index contributed by atoms with van der Waals surface area (Å²) >= 11 is 5.63. The van der Waals surface area contributed by atoms with Gasteiger partial charge < -0.3 is 25.2 Å². The molecule has 194 valence electrons. The Balaban J connectivity index is 1.32. The Morgan fingerprint density at radius 3 is 2.44 bits per heavy atom. The van der Waals surface area contributed by atoms with Crippen molar-refractivity contribution in [2.45, 2.75) is 55.6 Å². The Labute approximate surface area is 207 Å². The van der Waals surface area contributed by atoms with Crippen molar-refractivity contribution in [1.82, 2.24) is 15.6 Å². The Bertz CT molecular complexity index is 1140. The Morgan fingerprint density at radius 2 is 1.86 bits per heavy atom. The molecule has 3 aliphatic rings. The van der Waals surface area contributed by atoms with E-state index in [1.807, 2.05) is 0 Å². The number of aromatic nitrogens is 1. The minimum Gasteiger partial charge on any atom is -0.484 e. The third-order valence-electron chi connectivity index (χ3n) is 6.57. The highest BCUT2D eigenvalue weighted by atomic mass is 35.5. The van der Waals surface area contributed by atoms with E-state index in [9.17, 15) is 32.3 Å². The molecule has 8 nitrogen and oxygen atoms in total. The number of alkyl halides is 3. The molecule has 13 heteroatoms. The lowest BCUT2D eigenvalue weighted by atomic mass is 9.60. The van der Waals surface area contributed by atoms with E-state index in [2.05, 4.69) is 20.4 Å². The number of benzene rings is 1. The summed E-state index contributed by atoms with van der Waals surface area (Å²) in [7, 11) is 0. The molecule has 3 aliphatic carbocycles. The summed E-state index contributed by atoms with van der Waals surface area (Å²) in [5, 5.41) is 16.5. The van der Waals surface area contributed by atoms with Crippen LogP contribution < -0.4 is 20.1 Å². The van der Waals surface area contributed by atoms with Crippen LogP contribution in [0.3, 0.4) is 0 Å². The third kappa shape index (κ3) is 5.81. The van der Waals surface area contributed by atoms with Gasteiger partial charge in [-0.25, -0.2) is 9.37 Å². The number of amides is 2. The zero-order chi connectivity index (χ0) is 26.1. The highest BCUT2D eigenvalue weighted by Gasteiger charge is 2.55. The quantitative estimate of drug-likeness (QED) is 0.472. The Hall–Kier alpha value is -3.12. The molecule has 3 fully saturated rings. The van der Waals surface area contributed by atoms with Crippen molar-refractivity contribution < 1.29 is 41.7 Å². The molecule has 5 rings (SSSR count). The molecule has 36 heavy (non-hydrogen) atoms. The van der Waals surface area contributed by atoms with Gasteiger partial charge in [0.2, 0.25) is 5.88 Å². The molecule has 0 saturated heterocycles. The van der Waals surface area contributed by atoms with Gasteiger partial charge in [0, 0.05) is 23.9 Å². The molecular weight excluding hydrogens is 510 g/mol. The topological polar surface area (TPSA) is 110 Å². The molecule has 1 aromatic heterocycles. The number of ether oxygens (including phenoxy) is 2. The van der Waals surface area contributed by atoms with E-state index in [4.69, 9.17) is 16.3 Å². The average Bonchev–Trinajstić information content (AvgIpc) is 2.80. The molecule has 1 atom stereocenters. The fraction of sp³-hybridized carbons (Fsp3) is 0.435. The van der Waals surface area contributed by atoms with Crippen molar-refractivity contribution in [3.8, 4) is 11.6 Å². The van der Waals surface area contributed by atoms with Crippen molar-refractivity contribution in [2.75, 3.05) is 6.61 Å². The minimum absolute atomic E-state index is 0.0416. The monoisotopic (exact) mass is 531 g/mol. The van der Waals surface area contributed by atoms with Gasteiger partial charge in [0.15, 0.2) is 6.61 Å². The number of carbonyl (C=O) groups excluding carboxylic acids is 2. The molecule has 2 aromatic rings. The van der Waals surface area contributed by atoms with Gasteiger partial charge in [-0.3, -0.25) is 9.59 Å². The van der Waals surface area contributed by atoms with E-state index in [-0.39, 0.29) is 22.8 Å². The van der Waals surface area contributed by atoms with Crippen LogP contribution in [0, 0.1) is 5.82 Å². The van der Waals surface area contributed by atoms with Crippen LogP contribution >= 0.6 is 11.6 Å². The SMILES string of the molecule is O=C(COc1ccc(Cl)c(F)c1)NC12CCC(NC(=O)c3ccc(OC(F)(F)F)nc3)(CC1)C[C@@H]2O. The van der Waals surface area contributed by atoms with E-state index in [1.54, 1.807) is 0 Å². The summed E-state index contributed by atoms with van der Waals surface area (Å²) in [5.74, 6) is -2.27. The summed E-state index contributed by atoms with van der Waals surface area (Å²) in [6.45, 7) is -0.390. The molecule has 0 aliphatic heterocycles. The predicted octanol–water partition coefficient (Wildman–Crippen LogP) is 3.51. The molecule has 2 amide bonds. The van der Waals surface area contributed by atoms with E-state index >= 15 is 0 Å². The molecule has 1 heterocycles. The van der Waals surface area contributed by atoms with Crippen LogP contribution in [0.25, 0.3) is 0 Å². The van der Waals surface area contributed by atoms with Gasteiger partial charge in [0.25, 0.3) is 11.8 Å². The maximum absolute atomic E-state index is 13.5. The molecule has 1 aromatic carbocycles. The first-order chi connectivity index (χ1) is 16.9. The average molecular weight is 532 g/mol. The minimum atomic E-state index is -4.89. The molecule has 0 radical (unpaired) electrons. The highest BCUT2D eigenvalue weighted by molar-refractivity contribution is 6.30. The van der Waals surface area contributed by atoms with Crippen molar-refractivity contribution in [1.29, 1.82) is 0 Å². The van der Waals surface area contributed by atoms with Crippen LogP contribution in [-0.2, 0) is 4.79 Å². The first-order valence-corrected chi connectivity index (χ1v) is 11.4. The maximum Gasteiger partial charge on any atom is 0.574 e. The van der Waals surface area contributed by atoms with E-state index in [0.29, 0.717) is 25.7 Å². The standard InChI is InChI=1S/C23H22ClF4N3O5/c24-15-3-2-14(9-16(15)25)35-12-18(33)30-22-7-5-21(6-8-22,10-17(22)32)31-20(34)13-1-4-19(29-11-13)36-23(26,27)28/h1-4,9,11,17,32H,5-8,10,12H2,(H,30,33)(H,31,34)/t17-,21?,22?/m0/s1. The summed E-state index contributed by atoms with van der Waals surface area (Å²) in [5.41, 5.74) is -1.59. The number of hydrogen-bond donors (Lipinski definition) is 3. The lowest BCUT2D eigenvalue weighted by Crippen LogP contribution is -2.70. The normalized spacial score (nSPS) is 25.2. The van der Waals surface area contributed by atoms with Gasteiger partial charge in [-0.1, -0.05) is 11.6 Å². The summed E-state index contributed by atoms with van der Waals surface area (Å²) in [4.78, 5) is 28.7. The van der Waals surface area contributed by atoms with Gasteiger partial charge in [-0.2, -0.15) is 0 Å². The van der Waals surface area contributed by atoms with Crippen LogP contribution in [0.4, 0.5) is 17.6 Å². The number of pyridine rings is 1. The molecular formula is C23H22ClF4N3O5. The van der Waals surface area contributed by atoms with Crippen molar-refractivity contribution >= 4 is 23.4 Å². The molecule has 2 bridgehead atoms. The molecule has 3 saturated carbocycles. The van der Waals surface area contributed by atoms with E-state index in [0.717, 1.165) is 18.3 Å². The van der Waals surface area contributed by atoms with E-state index in [1.165, 1.54) is 18.2 Å². The number of rotatable bonds is 7. The third-order valence-corrected chi connectivity index (χ3v) is 6.87. The summed E-state index contributed by atoms with van der Waals surface area (Å²) < 4.78 is 59.4. The Kier molecular flexibility index (Phi) is 7.02. The lowest BCUT2D eigenvalue weighted by Gasteiger charge is -2.56. The summed E-state index contributed by atoms with van der Waals surface area (Å²) in [6.07, 6.45) is -3.02. The first-order valence-electron chi connectivity index (χ1n) is 11.0. The van der Waals surface area contributed by atoms with Crippen LogP contribution in [-0.4, -0.2) is 52.1 Å². The first kappa shape index (κ1) is 26.0. The largest absolute Gasteiger partial charge is 0.574 e. The number of nitrogens with zero attached hydrogens (tertiary/aromatic N) is 1. The zero-order valence-corrected chi connectivity index (χ0v) is 19.5. The Morgan fingerprint density at radius 1 is 1.14 bits per heavy atom. The summed E-state index contributed by atoms with van der Waals surface area (Å²) in [6, 6.07) is 5.91. The van der Waals surface area contributed by atoms with Gasteiger partial charge in [-0.15, -0.1) is 13.2 Å². The second-order valence-electron chi connectivity index (χ2n) is 8.96. The fourth-order valence-corrected chi connectivity index (χ4v) is 4.82. The van der Waals surface area contributed by atoms with Crippen LogP contribution in [0.1, 0.15) is 42.5 Å². The van der Waals surface area contributed by atoms with E-state index < -0.39 is 53.7 Å². The number of fused-ring (bicyclic) bond motifs is 3. The van der Waals surface area contributed by atoms with Crippen molar-refractivity contribution in [3.63, 3.8) is 0 Å². The van der Waals surface area contributed by atoms with Crippen molar-refractivity contribution in [2.24, 2.45) is 0 Å². The predicted molar refractivity (Wildman–Crippen MR) is 118 cm³/mol. The number of halogens is 5. The smallest absolute Gasteiger partial charge is 0.484 e. The highest BCUT2D eigenvalue weighted by Crippen LogP contribution is 2.47.